The van der Waals surface area contributed by atoms with E-state index in [-0.39, 0.29) is 10.6 Å². The van der Waals surface area contributed by atoms with Gasteiger partial charge in [0.1, 0.15) is 4.83 Å². The molecule has 1 atom stereocenters. The van der Waals surface area contributed by atoms with Crippen LogP contribution in [0.1, 0.15) is 26.3 Å². The summed E-state index contributed by atoms with van der Waals surface area (Å²) in [6, 6.07) is 17.3. The van der Waals surface area contributed by atoms with Crippen LogP contribution in [0.5, 0.6) is 0 Å². The summed E-state index contributed by atoms with van der Waals surface area (Å²) >= 11 is 3.49. The first-order chi connectivity index (χ1) is 8.20. The predicted molar refractivity (Wildman–Crippen MR) is 73.6 cm³/mol. The lowest BCUT2D eigenvalue weighted by Gasteiger charge is -2.11. The van der Waals surface area contributed by atoms with Crippen LogP contribution in [-0.4, -0.2) is 5.78 Å². The molecule has 0 aliphatic carbocycles. The molecule has 0 saturated carbocycles. The maximum absolute atomic E-state index is 12.3. The van der Waals surface area contributed by atoms with Crippen LogP contribution in [0.15, 0.2) is 54.6 Å². The standard InChI is InChI=1S/C15H13BrO/c1-11-7-5-6-10-13(11)14(16)15(17)12-8-3-2-4-9-12/h2-10,14H,1H3. The first kappa shape index (κ1) is 12.1. The van der Waals surface area contributed by atoms with Gasteiger partial charge in [-0.15, -0.1) is 0 Å². The van der Waals surface area contributed by atoms with E-state index in [9.17, 15) is 4.79 Å². The Morgan fingerprint density at radius 1 is 1.00 bits per heavy atom. The number of ketones is 1. The Labute approximate surface area is 110 Å². The van der Waals surface area contributed by atoms with Gasteiger partial charge < -0.3 is 0 Å². The molecular formula is C15H13BrO. The first-order valence-electron chi connectivity index (χ1n) is 5.49. The number of halogens is 1. The minimum Gasteiger partial charge on any atom is -0.293 e. The molecule has 1 nitrogen and oxygen atoms in total. The average molecular weight is 289 g/mol. The molecule has 0 amide bonds. The van der Waals surface area contributed by atoms with E-state index in [1.165, 1.54) is 0 Å². The van der Waals surface area contributed by atoms with E-state index in [1.807, 2.05) is 61.5 Å². The largest absolute Gasteiger partial charge is 0.293 e. The van der Waals surface area contributed by atoms with Crippen molar-refractivity contribution < 1.29 is 4.79 Å². The molecule has 17 heavy (non-hydrogen) atoms. The van der Waals surface area contributed by atoms with Gasteiger partial charge in [-0.1, -0.05) is 70.5 Å². The molecule has 2 heteroatoms. The second-order valence-electron chi connectivity index (χ2n) is 3.95. The molecule has 0 aromatic heterocycles. The van der Waals surface area contributed by atoms with Crippen molar-refractivity contribution in [2.45, 2.75) is 11.8 Å². The smallest absolute Gasteiger partial charge is 0.180 e. The van der Waals surface area contributed by atoms with Gasteiger partial charge in [-0.25, -0.2) is 0 Å². The van der Waals surface area contributed by atoms with Crippen molar-refractivity contribution in [3.63, 3.8) is 0 Å². The van der Waals surface area contributed by atoms with Gasteiger partial charge >= 0.3 is 0 Å². The van der Waals surface area contributed by atoms with Crippen molar-refractivity contribution in [1.29, 1.82) is 0 Å². The van der Waals surface area contributed by atoms with E-state index in [2.05, 4.69) is 15.9 Å². The fraction of sp³-hybridized carbons (Fsp3) is 0.133. The molecule has 0 spiro atoms. The van der Waals surface area contributed by atoms with Crippen LogP contribution < -0.4 is 0 Å². The summed E-state index contributed by atoms with van der Waals surface area (Å²) < 4.78 is 0. The summed E-state index contributed by atoms with van der Waals surface area (Å²) in [7, 11) is 0. The number of rotatable bonds is 3. The third-order valence-electron chi connectivity index (χ3n) is 2.75. The van der Waals surface area contributed by atoms with E-state index >= 15 is 0 Å². The van der Waals surface area contributed by atoms with Gasteiger partial charge in [0.15, 0.2) is 5.78 Å². The van der Waals surface area contributed by atoms with Gasteiger partial charge in [0.05, 0.1) is 0 Å². The third kappa shape index (κ3) is 2.64. The van der Waals surface area contributed by atoms with Crippen LogP contribution in [0.2, 0.25) is 0 Å². The Bertz CT molecular complexity index is 519. The minimum atomic E-state index is -0.272. The van der Waals surface area contributed by atoms with E-state index in [0.717, 1.165) is 16.7 Å². The molecule has 0 N–H and O–H groups in total. The first-order valence-corrected chi connectivity index (χ1v) is 6.40. The number of aryl methyl sites for hydroxylation is 1. The molecule has 0 heterocycles. The van der Waals surface area contributed by atoms with Crippen LogP contribution in [0.25, 0.3) is 0 Å². The summed E-state index contributed by atoms with van der Waals surface area (Å²) in [5.74, 6) is 0.0971. The van der Waals surface area contributed by atoms with E-state index < -0.39 is 0 Å². The van der Waals surface area contributed by atoms with Gasteiger partial charge in [0.2, 0.25) is 0 Å². The Kier molecular flexibility index (Phi) is 3.75. The maximum atomic E-state index is 12.3. The zero-order valence-corrected chi connectivity index (χ0v) is 11.1. The van der Waals surface area contributed by atoms with Gasteiger partial charge in [-0.2, -0.15) is 0 Å². The van der Waals surface area contributed by atoms with E-state index in [0.29, 0.717) is 0 Å². The average Bonchev–Trinajstić information content (AvgIpc) is 2.39. The molecule has 0 aliphatic heterocycles. The number of alkyl halides is 1. The number of carbonyl (C=O) groups excluding carboxylic acids is 1. The zero-order valence-electron chi connectivity index (χ0n) is 9.56. The molecule has 0 aliphatic rings. The minimum absolute atomic E-state index is 0.0971. The second kappa shape index (κ2) is 5.28. The summed E-state index contributed by atoms with van der Waals surface area (Å²) in [4.78, 5) is 12.0. The van der Waals surface area contributed by atoms with Gasteiger partial charge in [0, 0.05) is 5.56 Å². The highest BCUT2D eigenvalue weighted by Crippen LogP contribution is 2.29. The molecule has 86 valence electrons. The highest BCUT2D eigenvalue weighted by atomic mass is 79.9. The maximum Gasteiger partial charge on any atom is 0.180 e. The van der Waals surface area contributed by atoms with Crippen LogP contribution in [0.4, 0.5) is 0 Å². The van der Waals surface area contributed by atoms with Crippen LogP contribution >= 0.6 is 15.9 Å². The molecular weight excluding hydrogens is 276 g/mol. The molecule has 0 saturated heterocycles. The van der Waals surface area contributed by atoms with E-state index in [4.69, 9.17) is 0 Å². The normalized spacial score (nSPS) is 12.1. The summed E-state index contributed by atoms with van der Waals surface area (Å²) in [6.07, 6.45) is 0. The lowest BCUT2D eigenvalue weighted by atomic mass is 9.99. The molecule has 0 radical (unpaired) electrons. The van der Waals surface area contributed by atoms with Crippen LogP contribution in [0.3, 0.4) is 0 Å². The Balaban J connectivity index is 2.30. The number of benzene rings is 2. The molecule has 2 aromatic carbocycles. The number of carbonyl (C=O) groups is 1. The van der Waals surface area contributed by atoms with Crippen molar-refractivity contribution in [3.8, 4) is 0 Å². The van der Waals surface area contributed by atoms with Gasteiger partial charge in [-0.05, 0) is 18.1 Å². The lowest BCUT2D eigenvalue weighted by Crippen LogP contribution is -2.08. The molecule has 2 aromatic rings. The molecule has 1 unspecified atom stereocenters. The summed E-state index contributed by atoms with van der Waals surface area (Å²) in [6.45, 7) is 2.02. The Morgan fingerprint density at radius 2 is 1.59 bits per heavy atom. The van der Waals surface area contributed by atoms with Crippen LogP contribution in [0, 0.1) is 6.92 Å². The summed E-state index contributed by atoms with van der Waals surface area (Å²) in [5, 5.41) is 0. The zero-order chi connectivity index (χ0) is 12.3. The summed E-state index contributed by atoms with van der Waals surface area (Å²) in [5.41, 5.74) is 2.89. The van der Waals surface area contributed by atoms with Crippen molar-refractivity contribution >= 4 is 21.7 Å². The number of hydrogen-bond acceptors (Lipinski definition) is 1. The SMILES string of the molecule is Cc1ccccc1C(Br)C(=O)c1ccccc1. The molecule has 0 bridgehead atoms. The van der Waals surface area contributed by atoms with Crippen molar-refractivity contribution in [2.75, 3.05) is 0 Å². The monoisotopic (exact) mass is 288 g/mol. The molecule has 0 fully saturated rings. The second-order valence-corrected chi connectivity index (χ2v) is 4.87. The van der Waals surface area contributed by atoms with Crippen LogP contribution in [-0.2, 0) is 0 Å². The topological polar surface area (TPSA) is 17.1 Å². The quantitative estimate of drug-likeness (QED) is 0.607. The van der Waals surface area contributed by atoms with Crippen molar-refractivity contribution in [3.05, 3.63) is 71.3 Å². The number of hydrogen-bond donors (Lipinski definition) is 0. The highest BCUT2D eigenvalue weighted by Gasteiger charge is 2.19. The number of Topliss-reactive ketones (excluding diaryl/α,β-unsaturated/α-hetero) is 1. The van der Waals surface area contributed by atoms with E-state index in [1.54, 1.807) is 0 Å². The van der Waals surface area contributed by atoms with Gasteiger partial charge in [-0.3, -0.25) is 4.79 Å². The predicted octanol–water partition coefficient (Wildman–Crippen LogP) is 4.31. The fourth-order valence-corrected chi connectivity index (χ4v) is 2.54. The molecule has 2 rings (SSSR count). The Morgan fingerprint density at radius 3 is 2.24 bits per heavy atom. The Hall–Kier alpha value is -1.41. The van der Waals surface area contributed by atoms with Crippen molar-refractivity contribution in [1.82, 2.24) is 0 Å². The third-order valence-corrected chi connectivity index (χ3v) is 3.66. The fourth-order valence-electron chi connectivity index (χ4n) is 1.76. The van der Waals surface area contributed by atoms with Crippen molar-refractivity contribution in [2.24, 2.45) is 0 Å². The highest BCUT2D eigenvalue weighted by molar-refractivity contribution is 9.09. The van der Waals surface area contributed by atoms with Gasteiger partial charge in [0.25, 0.3) is 0 Å². The lowest BCUT2D eigenvalue weighted by molar-refractivity contribution is 0.0991.